The SMILES string of the molecule is O=C1N[C@@H](c2ccc(F)cc2)O[C@@H]1C(=O)c1ccccc1. The Kier molecular flexibility index (Phi) is 3.50. The maximum atomic E-state index is 12.9. The molecule has 0 aliphatic carbocycles. The molecule has 0 aromatic heterocycles. The Labute approximate surface area is 120 Å². The number of rotatable bonds is 3. The van der Waals surface area contributed by atoms with Crippen molar-refractivity contribution in [1.82, 2.24) is 5.32 Å². The Bertz CT molecular complexity index is 670. The quantitative estimate of drug-likeness (QED) is 0.695. The molecule has 1 aliphatic rings. The van der Waals surface area contributed by atoms with Gasteiger partial charge in [0.2, 0.25) is 11.9 Å². The Hall–Kier alpha value is -2.53. The van der Waals surface area contributed by atoms with Crippen LogP contribution < -0.4 is 5.32 Å². The molecule has 0 saturated carbocycles. The summed E-state index contributed by atoms with van der Waals surface area (Å²) >= 11 is 0. The van der Waals surface area contributed by atoms with Gasteiger partial charge in [-0.2, -0.15) is 0 Å². The van der Waals surface area contributed by atoms with Gasteiger partial charge in [0.05, 0.1) is 0 Å². The number of ether oxygens (including phenoxy) is 1. The van der Waals surface area contributed by atoms with Crippen LogP contribution in [0.1, 0.15) is 22.1 Å². The molecule has 0 bridgehead atoms. The van der Waals surface area contributed by atoms with Crippen molar-refractivity contribution in [1.29, 1.82) is 0 Å². The smallest absolute Gasteiger partial charge is 0.259 e. The maximum Gasteiger partial charge on any atom is 0.259 e. The molecule has 2 atom stereocenters. The zero-order chi connectivity index (χ0) is 14.8. The molecular formula is C16H12FNO3. The van der Waals surface area contributed by atoms with E-state index in [4.69, 9.17) is 4.74 Å². The van der Waals surface area contributed by atoms with Gasteiger partial charge in [0.1, 0.15) is 5.82 Å². The van der Waals surface area contributed by atoms with Gasteiger partial charge in [-0.25, -0.2) is 4.39 Å². The molecule has 21 heavy (non-hydrogen) atoms. The highest BCUT2D eigenvalue weighted by molar-refractivity contribution is 6.13. The molecule has 0 unspecified atom stereocenters. The molecule has 1 fully saturated rings. The lowest BCUT2D eigenvalue weighted by Gasteiger charge is -2.11. The third-order valence-corrected chi connectivity index (χ3v) is 3.25. The summed E-state index contributed by atoms with van der Waals surface area (Å²) in [6, 6.07) is 14.1. The van der Waals surface area contributed by atoms with Crippen LogP contribution >= 0.6 is 0 Å². The number of hydrogen-bond donors (Lipinski definition) is 1. The molecule has 0 radical (unpaired) electrons. The van der Waals surface area contributed by atoms with Crippen molar-refractivity contribution in [3.05, 3.63) is 71.5 Å². The zero-order valence-corrected chi connectivity index (χ0v) is 11.0. The number of nitrogens with one attached hydrogen (secondary N) is 1. The first-order valence-electron chi connectivity index (χ1n) is 6.46. The maximum absolute atomic E-state index is 12.9. The molecule has 1 saturated heterocycles. The van der Waals surface area contributed by atoms with Crippen molar-refractivity contribution in [2.75, 3.05) is 0 Å². The van der Waals surface area contributed by atoms with E-state index in [1.165, 1.54) is 24.3 Å². The van der Waals surface area contributed by atoms with E-state index < -0.39 is 24.0 Å². The van der Waals surface area contributed by atoms with Crippen LogP contribution in [0.25, 0.3) is 0 Å². The van der Waals surface area contributed by atoms with Crippen LogP contribution in [0.5, 0.6) is 0 Å². The zero-order valence-electron chi connectivity index (χ0n) is 11.0. The molecule has 3 rings (SSSR count). The first kappa shape index (κ1) is 13.5. The third-order valence-electron chi connectivity index (χ3n) is 3.25. The predicted molar refractivity (Wildman–Crippen MR) is 72.9 cm³/mol. The first-order valence-corrected chi connectivity index (χ1v) is 6.46. The molecule has 1 heterocycles. The molecule has 0 spiro atoms. The Morgan fingerprint density at radius 1 is 1.05 bits per heavy atom. The van der Waals surface area contributed by atoms with Crippen molar-refractivity contribution in [3.8, 4) is 0 Å². The lowest BCUT2D eigenvalue weighted by Crippen LogP contribution is -2.31. The summed E-state index contributed by atoms with van der Waals surface area (Å²) in [7, 11) is 0. The minimum atomic E-state index is -1.18. The van der Waals surface area contributed by atoms with Crippen LogP contribution in [0.4, 0.5) is 4.39 Å². The van der Waals surface area contributed by atoms with E-state index in [9.17, 15) is 14.0 Å². The molecule has 1 aliphatic heterocycles. The molecule has 5 heteroatoms. The molecule has 106 valence electrons. The Morgan fingerprint density at radius 3 is 2.38 bits per heavy atom. The Balaban J connectivity index is 1.79. The second kappa shape index (κ2) is 5.46. The van der Waals surface area contributed by atoms with E-state index in [1.807, 2.05) is 0 Å². The van der Waals surface area contributed by atoms with Gasteiger partial charge in [-0.05, 0) is 12.1 Å². The van der Waals surface area contributed by atoms with Crippen molar-refractivity contribution in [3.63, 3.8) is 0 Å². The minimum absolute atomic E-state index is 0.375. The van der Waals surface area contributed by atoms with Gasteiger partial charge in [-0.3, -0.25) is 9.59 Å². The average molecular weight is 285 g/mol. The second-order valence-electron chi connectivity index (χ2n) is 4.69. The highest BCUT2D eigenvalue weighted by Gasteiger charge is 2.39. The van der Waals surface area contributed by atoms with Crippen LogP contribution in [0.3, 0.4) is 0 Å². The van der Waals surface area contributed by atoms with E-state index in [1.54, 1.807) is 30.3 Å². The van der Waals surface area contributed by atoms with Gasteiger partial charge >= 0.3 is 0 Å². The summed E-state index contributed by atoms with van der Waals surface area (Å²) in [6.07, 6.45) is -1.92. The highest BCUT2D eigenvalue weighted by atomic mass is 19.1. The summed E-state index contributed by atoms with van der Waals surface area (Å²) in [4.78, 5) is 24.2. The van der Waals surface area contributed by atoms with Crippen molar-refractivity contribution >= 4 is 11.7 Å². The van der Waals surface area contributed by atoms with Crippen molar-refractivity contribution < 1.29 is 18.7 Å². The molecule has 2 aromatic rings. The lowest BCUT2D eigenvalue weighted by atomic mass is 10.1. The van der Waals surface area contributed by atoms with Gasteiger partial charge in [-0.1, -0.05) is 42.5 Å². The summed E-state index contributed by atoms with van der Waals surface area (Å²) in [6.45, 7) is 0. The fraction of sp³-hybridized carbons (Fsp3) is 0.125. The van der Waals surface area contributed by atoms with Gasteiger partial charge in [0, 0.05) is 11.1 Å². The van der Waals surface area contributed by atoms with Crippen LogP contribution in [-0.2, 0) is 9.53 Å². The van der Waals surface area contributed by atoms with Gasteiger partial charge < -0.3 is 10.1 Å². The average Bonchev–Trinajstić information content (AvgIpc) is 2.90. The van der Waals surface area contributed by atoms with E-state index >= 15 is 0 Å². The van der Waals surface area contributed by atoms with Gasteiger partial charge in [-0.15, -0.1) is 0 Å². The molecule has 1 N–H and O–H groups in total. The van der Waals surface area contributed by atoms with E-state index in [2.05, 4.69) is 5.32 Å². The normalized spacial score (nSPS) is 21.1. The van der Waals surface area contributed by atoms with Gasteiger partial charge in [0.25, 0.3) is 5.91 Å². The molecule has 2 aromatic carbocycles. The number of Topliss-reactive ketones (excluding diaryl/α,β-unsaturated/α-hetero) is 1. The molecular weight excluding hydrogens is 273 g/mol. The topological polar surface area (TPSA) is 55.4 Å². The summed E-state index contributed by atoms with van der Waals surface area (Å²) in [5, 5.41) is 2.59. The lowest BCUT2D eigenvalue weighted by molar-refractivity contribution is -0.121. The van der Waals surface area contributed by atoms with Crippen LogP contribution in [-0.4, -0.2) is 17.8 Å². The fourth-order valence-corrected chi connectivity index (χ4v) is 2.17. The number of halogens is 1. The molecule has 1 amide bonds. The number of ketones is 1. The largest absolute Gasteiger partial charge is 0.333 e. The van der Waals surface area contributed by atoms with Crippen LogP contribution in [0.2, 0.25) is 0 Å². The standard InChI is InChI=1S/C16H12FNO3/c17-12-8-6-11(7-9-12)16-18-15(20)14(21-16)13(19)10-4-2-1-3-5-10/h1-9,14,16H,(H,18,20)/t14-,16-/m1/s1. The summed E-state index contributed by atoms with van der Waals surface area (Å²) in [5.41, 5.74) is 1.01. The number of carbonyl (C=O) groups is 2. The second-order valence-corrected chi connectivity index (χ2v) is 4.69. The third kappa shape index (κ3) is 2.68. The van der Waals surface area contributed by atoms with E-state index in [-0.39, 0.29) is 5.82 Å². The van der Waals surface area contributed by atoms with Crippen LogP contribution in [0.15, 0.2) is 54.6 Å². The number of benzene rings is 2. The summed E-state index contributed by atoms with van der Waals surface area (Å²) in [5.74, 6) is -1.25. The number of amides is 1. The van der Waals surface area contributed by atoms with Crippen LogP contribution in [0, 0.1) is 5.82 Å². The monoisotopic (exact) mass is 285 g/mol. The van der Waals surface area contributed by atoms with E-state index in [0.29, 0.717) is 11.1 Å². The van der Waals surface area contributed by atoms with Gasteiger partial charge in [0.15, 0.2) is 6.23 Å². The van der Waals surface area contributed by atoms with Crippen molar-refractivity contribution in [2.45, 2.75) is 12.3 Å². The van der Waals surface area contributed by atoms with E-state index in [0.717, 1.165) is 0 Å². The summed E-state index contributed by atoms with van der Waals surface area (Å²) < 4.78 is 18.4. The first-order chi connectivity index (χ1) is 10.1. The van der Waals surface area contributed by atoms with Crippen molar-refractivity contribution in [2.24, 2.45) is 0 Å². The number of hydrogen-bond acceptors (Lipinski definition) is 3. The predicted octanol–water partition coefficient (Wildman–Crippen LogP) is 2.22. The highest BCUT2D eigenvalue weighted by Crippen LogP contribution is 2.24. The Morgan fingerprint density at radius 2 is 1.71 bits per heavy atom. The molecule has 4 nitrogen and oxygen atoms in total. The number of carbonyl (C=O) groups excluding carboxylic acids is 2. The fourth-order valence-electron chi connectivity index (χ4n) is 2.17. The minimum Gasteiger partial charge on any atom is -0.333 e.